The molecule has 2 aromatic carbocycles. The molecular weight excluding hydrogens is 486 g/mol. The molecule has 3 aromatic rings. The molecule has 0 radical (unpaired) electrons. The Kier molecular flexibility index (Phi) is 7.90. The van der Waals surface area contributed by atoms with Crippen molar-refractivity contribution in [2.24, 2.45) is 0 Å². The van der Waals surface area contributed by atoms with Crippen LogP contribution in [0.25, 0.3) is 0 Å². The van der Waals surface area contributed by atoms with Crippen molar-refractivity contribution >= 4 is 17.6 Å². The van der Waals surface area contributed by atoms with E-state index in [0.717, 1.165) is 12.1 Å². The zero-order chi connectivity index (χ0) is 25.8. The van der Waals surface area contributed by atoms with E-state index >= 15 is 0 Å². The Morgan fingerprint density at radius 2 is 1.77 bits per heavy atom. The third-order valence-corrected chi connectivity index (χ3v) is 5.50. The molecule has 0 saturated carbocycles. The number of halogens is 5. The van der Waals surface area contributed by atoms with Crippen LogP contribution < -0.4 is 15.4 Å². The first kappa shape index (κ1) is 26.3. The topological polar surface area (TPSA) is 63.2 Å². The van der Waals surface area contributed by atoms with Crippen molar-refractivity contribution in [2.45, 2.75) is 38.0 Å². The van der Waals surface area contributed by atoms with Crippen molar-refractivity contribution in [3.63, 3.8) is 0 Å². The quantitative estimate of drug-likeness (QED) is 0.379. The number of carbonyl (C=O) groups excluding carboxylic acids is 1. The number of nitrogens with one attached hydrogen (secondary N) is 2. The van der Waals surface area contributed by atoms with Crippen LogP contribution in [-0.2, 0) is 18.1 Å². The average molecular weight is 510 g/mol. The highest BCUT2D eigenvalue weighted by Gasteiger charge is 2.41. The molecule has 1 heterocycles. The van der Waals surface area contributed by atoms with Crippen LogP contribution in [0.2, 0.25) is 5.02 Å². The SMILES string of the molecule is COc1ccccc1CC(NC(=O)NC(C)C)(c1cc(F)cc(C(F)(F)F)c1)c1ccc(Cl)cn1. The minimum Gasteiger partial charge on any atom is -0.496 e. The number of methoxy groups -OCH3 is 1. The number of alkyl halides is 3. The smallest absolute Gasteiger partial charge is 0.416 e. The first-order valence-corrected chi connectivity index (χ1v) is 11.0. The summed E-state index contributed by atoms with van der Waals surface area (Å²) in [5, 5.41) is 5.73. The van der Waals surface area contributed by atoms with Crippen LogP contribution in [-0.4, -0.2) is 24.2 Å². The largest absolute Gasteiger partial charge is 0.496 e. The van der Waals surface area contributed by atoms with Gasteiger partial charge in [0, 0.05) is 18.7 Å². The van der Waals surface area contributed by atoms with Gasteiger partial charge in [-0.3, -0.25) is 4.98 Å². The van der Waals surface area contributed by atoms with E-state index in [-0.39, 0.29) is 28.7 Å². The molecule has 2 amide bonds. The lowest BCUT2D eigenvalue weighted by atomic mass is 9.79. The number of carbonyl (C=O) groups is 1. The van der Waals surface area contributed by atoms with Gasteiger partial charge in [0.05, 0.1) is 23.4 Å². The molecule has 0 aliphatic heterocycles. The molecule has 0 aliphatic rings. The molecule has 0 fully saturated rings. The molecule has 0 saturated heterocycles. The fourth-order valence-electron chi connectivity index (χ4n) is 3.78. The zero-order valence-corrected chi connectivity index (χ0v) is 20.0. The summed E-state index contributed by atoms with van der Waals surface area (Å²) in [6.07, 6.45) is -3.61. The van der Waals surface area contributed by atoms with Gasteiger partial charge in [-0.05, 0) is 61.4 Å². The molecule has 3 rings (SSSR count). The van der Waals surface area contributed by atoms with E-state index in [9.17, 15) is 22.4 Å². The molecule has 186 valence electrons. The summed E-state index contributed by atoms with van der Waals surface area (Å²) in [6.45, 7) is 3.46. The summed E-state index contributed by atoms with van der Waals surface area (Å²) in [5.41, 5.74) is -2.36. The number of aromatic nitrogens is 1. The molecule has 2 N–H and O–H groups in total. The number of rotatable bonds is 7. The van der Waals surface area contributed by atoms with E-state index in [1.807, 2.05) is 0 Å². The number of benzene rings is 2. The van der Waals surface area contributed by atoms with Crippen LogP contribution in [0.4, 0.5) is 22.4 Å². The number of hydrogen-bond donors (Lipinski definition) is 2. The van der Waals surface area contributed by atoms with Gasteiger partial charge in [0.25, 0.3) is 0 Å². The Morgan fingerprint density at radius 3 is 2.37 bits per heavy atom. The number of para-hydroxylation sites is 1. The summed E-state index contributed by atoms with van der Waals surface area (Å²) in [4.78, 5) is 17.3. The zero-order valence-electron chi connectivity index (χ0n) is 19.2. The summed E-state index contributed by atoms with van der Waals surface area (Å²) < 4.78 is 61.0. The van der Waals surface area contributed by atoms with Crippen LogP contribution in [0.5, 0.6) is 5.75 Å². The van der Waals surface area contributed by atoms with Gasteiger partial charge in [-0.15, -0.1) is 0 Å². The van der Waals surface area contributed by atoms with Gasteiger partial charge in [0.1, 0.15) is 17.1 Å². The summed E-state index contributed by atoms with van der Waals surface area (Å²) in [5.74, 6) is -0.677. The highest BCUT2D eigenvalue weighted by atomic mass is 35.5. The van der Waals surface area contributed by atoms with Gasteiger partial charge >= 0.3 is 12.2 Å². The third-order valence-electron chi connectivity index (χ3n) is 5.28. The summed E-state index contributed by atoms with van der Waals surface area (Å²) in [7, 11) is 1.45. The van der Waals surface area contributed by atoms with Crippen molar-refractivity contribution in [3.05, 3.63) is 94.0 Å². The van der Waals surface area contributed by atoms with E-state index in [4.69, 9.17) is 16.3 Å². The lowest BCUT2D eigenvalue weighted by Crippen LogP contribution is -2.53. The van der Waals surface area contributed by atoms with Crippen molar-refractivity contribution < 1.29 is 27.1 Å². The third kappa shape index (κ3) is 6.22. The lowest BCUT2D eigenvalue weighted by Gasteiger charge is -2.36. The summed E-state index contributed by atoms with van der Waals surface area (Å²) >= 11 is 6.01. The molecule has 1 atom stereocenters. The fourth-order valence-corrected chi connectivity index (χ4v) is 3.89. The molecule has 0 spiro atoms. The second-order valence-electron chi connectivity index (χ2n) is 8.24. The van der Waals surface area contributed by atoms with Crippen LogP contribution in [0.15, 0.2) is 60.8 Å². The van der Waals surface area contributed by atoms with Crippen molar-refractivity contribution in [3.8, 4) is 5.75 Å². The van der Waals surface area contributed by atoms with Gasteiger partial charge in [-0.25, -0.2) is 9.18 Å². The Hall–Kier alpha value is -3.33. The molecule has 35 heavy (non-hydrogen) atoms. The maximum absolute atomic E-state index is 14.6. The van der Waals surface area contributed by atoms with E-state index < -0.39 is 29.1 Å². The molecule has 0 aliphatic carbocycles. The first-order chi connectivity index (χ1) is 16.4. The van der Waals surface area contributed by atoms with E-state index in [2.05, 4.69) is 15.6 Å². The maximum atomic E-state index is 14.6. The Labute approximate surface area is 205 Å². The fraction of sp³-hybridized carbons (Fsp3) is 0.280. The number of pyridine rings is 1. The molecule has 10 heteroatoms. The van der Waals surface area contributed by atoms with E-state index in [0.29, 0.717) is 17.4 Å². The van der Waals surface area contributed by atoms with Crippen LogP contribution in [0, 0.1) is 5.82 Å². The van der Waals surface area contributed by atoms with Gasteiger partial charge in [-0.1, -0.05) is 29.8 Å². The van der Waals surface area contributed by atoms with Gasteiger partial charge in [0.15, 0.2) is 0 Å². The van der Waals surface area contributed by atoms with Gasteiger partial charge < -0.3 is 15.4 Å². The molecule has 0 bridgehead atoms. The number of nitrogens with zero attached hydrogens (tertiary/aromatic N) is 1. The predicted molar refractivity (Wildman–Crippen MR) is 125 cm³/mol. The highest BCUT2D eigenvalue weighted by Crippen LogP contribution is 2.39. The normalized spacial score (nSPS) is 13.3. The van der Waals surface area contributed by atoms with Gasteiger partial charge in [0.2, 0.25) is 0 Å². The Bertz CT molecular complexity index is 1190. The molecule has 5 nitrogen and oxygen atoms in total. The highest BCUT2D eigenvalue weighted by molar-refractivity contribution is 6.30. The first-order valence-electron chi connectivity index (χ1n) is 10.7. The Balaban J connectivity index is 2.34. The van der Waals surface area contributed by atoms with Crippen molar-refractivity contribution in [1.82, 2.24) is 15.6 Å². The van der Waals surface area contributed by atoms with Gasteiger partial charge in [-0.2, -0.15) is 13.2 Å². The van der Waals surface area contributed by atoms with Crippen LogP contribution in [0.1, 0.15) is 36.2 Å². The molecule has 1 aromatic heterocycles. The van der Waals surface area contributed by atoms with E-state index in [1.54, 1.807) is 38.1 Å². The Morgan fingerprint density at radius 1 is 1.09 bits per heavy atom. The van der Waals surface area contributed by atoms with Crippen molar-refractivity contribution in [2.75, 3.05) is 7.11 Å². The molecular formula is C25H24ClF4N3O2. The number of hydrogen-bond acceptors (Lipinski definition) is 3. The van der Waals surface area contributed by atoms with E-state index in [1.165, 1.54) is 25.4 Å². The second-order valence-corrected chi connectivity index (χ2v) is 8.67. The molecule has 1 unspecified atom stereocenters. The predicted octanol–water partition coefficient (Wildman–Crippen LogP) is 6.10. The average Bonchev–Trinajstić information content (AvgIpc) is 2.78. The minimum atomic E-state index is -4.82. The van der Waals surface area contributed by atoms with Crippen LogP contribution in [0.3, 0.4) is 0 Å². The second kappa shape index (κ2) is 10.5. The number of ether oxygens (including phenoxy) is 1. The lowest BCUT2D eigenvalue weighted by molar-refractivity contribution is -0.137. The number of amides is 2. The monoisotopic (exact) mass is 509 g/mol. The van der Waals surface area contributed by atoms with Crippen molar-refractivity contribution in [1.29, 1.82) is 0 Å². The standard InChI is InChI=1S/C25H24ClF4N3O2/c1-15(2)32-23(34)33-24(22-9-8-19(26)14-31-22,13-16-6-4-5-7-21(16)35-3)17-10-18(25(28,29)30)12-20(27)11-17/h4-12,14-15H,13H2,1-3H3,(H2,32,33,34). The van der Waals surface area contributed by atoms with Crippen LogP contribution >= 0.6 is 11.6 Å². The summed E-state index contributed by atoms with van der Waals surface area (Å²) in [6, 6.07) is 11.0. The minimum absolute atomic E-state index is 0.0993. The number of urea groups is 1. The maximum Gasteiger partial charge on any atom is 0.416 e.